The summed E-state index contributed by atoms with van der Waals surface area (Å²) >= 11 is 0. The maximum atomic E-state index is 10.7. The number of hydrogen-bond acceptors (Lipinski definition) is 6. The van der Waals surface area contributed by atoms with Crippen molar-refractivity contribution in [2.24, 2.45) is 0 Å². The van der Waals surface area contributed by atoms with E-state index in [9.17, 15) is 13.2 Å². The zero-order chi connectivity index (χ0) is 9.19. The molecule has 12 heavy (non-hydrogen) atoms. The Labute approximate surface area is 68.5 Å². The first-order valence-corrected chi connectivity index (χ1v) is 5.03. The van der Waals surface area contributed by atoms with Crippen LogP contribution in [-0.4, -0.2) is 31.1 Å². The number of hydrogen-bond donors (Lipinski definition) is 0. The fourth-order valence-corrected chi connectivity index (χ4v) is 1.19. The van der Waals surface area contributed by atoms with Crippen molar-refractivity contribution in [2.75, 3.05) is 6.26 Å². The van der Waals surface area contributed by atoms with Gasteiger partial charge in [-0.25, -0.2) is 8.42 Å². The first-order chi connectivity index (χ1) is 5.51. The van der Waals surface area contributed by atoms with Crippen molar-refractivity contribution in [1.82, 2.24) is 10.1 Å². The Kier molecular flexibility index (Phi) is 2.22. The Morgan fingerprint density at radius 1 is 1.58 bits per heavy atom. The second-order valence-corrected chi connectivity index (χ2v) is 4.38. The van der Waals surface area contributed by atoms with E-state index in [0.29, 0.717) is 6.29 Å². The summed E-state index contributed by atoms with van der Waals surface area (Å²) in [4.78, 5) is 13.5. The molecule has 0 fully saturated rings. The lowest BCUT2D eigenvalue weighted by molar-refractivity contribution is 0.108. The summed E-state index contributed by atoms with van der Waals surface area (Å²) in [5.41, 5.74) is 0. The normalized spacial score (nSPS) is 11.4. The molecular formula is C5H6N2O4S. The Hall–Kier alpha value is -1.24. The molecule has 0 aliphatic heterocycles. The summed E-state index contributed by atoms with van der Waals surface area (Å²) < 4.78 is 25.7. The molecule has 0 aliphatic rings. The van der Waals surface area contributed by atoms with Crippen LogP contribution >= 0.6 is 0 Å². The van der Waals surface area contributed by atoms with Gasteiger partial charge in [0.15, 0.2) is 15.7 Å². The van der Waals surface area contributed by atoms with Crippen LogP contribution in [0.1, 0.15) is 16.5 Å². The van der Waals surface area contributed by atoms with Crippen LogP contribution in [0.15, 0.2) is 4.52 Å². The van der Waals surface area contributed by atoms with Crippen molar-refractivity contribution in [3.63, 3.8) is 0 Å². The minimum Gasteiger partial charge on any atom is -0.331 e. The van der Waals surface area contributed by atoms with Gasteiger partial charge in [-0.05, 0) is 0 Å². The van der Waals surface area contributed by atoms with Crippen LogP contribution in [0.2, 0.25) is 0 Å². The van der Waals surface area contributed by atoms with E-state index in [1.54, 1.807) is 0 Å². The van der Waals surface area contributed by atoms with E-state index in [0.717, 1.165) is 6.26 Å². The number of aldehydes is 1. The van der Waals surface area contributed by atoms with Gasteiger partial charge < -0.3 is 4.52 Å². The molecule has 0 saturated heterocycles. The number of rotatable bonds is 3. The highest BCUT2D eigenvalue weighted by atomic mass is 32.2. The van der Waals surface area contributed by atoms with Gasteiger partial charge in [0.25, 0.3) is 5.89 Å². The van der Waals surface area contributed by atoms with Gasteiger partial charge in [-0.1, -0.05) is 5.16 Å². The molecule has 0 N–H and O–H groups in total. The van der Waals surface area contributed by atoms with Crippen molar-refractivity contribution in [3.8, 4) is 0 Å². The zero-order valence-corrected chi connectivity index (χ0v) is 7.04. The van der Waals surface area contributed by atoms with E-state index in [1.165, 1.54) is 0 Å². The minimum absolute atomic E-state index is 0.000370. The third-order valence-electron chi connectivity index (χ3n) is 0.976. The monoisotopic (exact) mass is 190 g/mol. The van der Waals surface area contributed by atoms with Gasteiger partial charge in [0.1, 0.15) is 5.75 Å². The van der Waals surface area contributed by atoms with Gasteiger partial charge in [-0.2, -0.15) is 4.98 Å². The van der Waals surface area contributed by atoms with Crippen LogP contribution in [-0.2, 0) is 15.6 Å². The van der Waals surface area contributed by atoms with Gasteiger partial charge in [0, 0.05) is 6.26 Å². The van der Waals surface area contributed by atoms with Crippen LogP contribution in [0.4, 0.5) is 0 Å². The Bertz CT molecular complexity index is 380. The standard InChI is InChI=1S/C5H6N2O4S/c1-12(9,10)3-4-6-5(2-8)11-7-4/h2H,3H2,1H3. The molecule has 0 aromatic carbocycles. The largest absolute Gasteiger partial charge is 0.331 e. The first-order valence-electron chi connectivity index (χ1n) is 2.97. The third kappa shape index (κ3) is 2.42. The van der Waals surface area contributed by atoms with E-state index in [4.69, 9.17) is 0 Å². The van der Waals surface area contributed by atoms with Gasteiger partial charge in [0.2, 0.25) is 6.29 Å². The molecule has 1 rings (SSSR count). The summed E-state index contributed by atoms with van der Waals surface area (Å²) in [5.74, 6) is -0.530. The Morgan fingerprint density at radius 3 is 2.67 bits per heavy atom. The molecule has 7 heteroatoms. The van der Waals surface area contributed by atoms with E-state index in [-0.39, 0.29) is 17.5 Å². The quantitative estimate of drug-likeness (QED) is 0.592. The van der Waals surface area contributed by atoms with Crippen LogP contribution in [0, 0.1) is 0 Å². The molecule has 0 aliphatic carbocycles. The molecular weight excluding hydrogens is 184 g/mol. The third-order valence-corrected chi connectivity index (χ3v) is 1.76. The van der Waals surface area contributed by atoms with Crippen LogP contribution in [0.5, 0.6) is 0 Å². The molecule has 66 valence electrons. The van der Waals surface area contributed by atoms with Gasteiger partial charge in [0.05, 0.1) is 0 Å². The average molecular weight is 190 g/mol. The highest BCUT2D eigenvalue weighted by Gasteiger charge is 2.10. The molecule has 6 nitrogen and oxygen atoms in total. The molecule has 0 atom stereocenters. The topological polar surface area (TPSA) is 90.1 Å². The summed E-state index contributed by atoms with van der Waals surface area (Å²) in [6, 6.07) is 0. The average Bonchev–Trinajstić information content (AvgIpc) is 2.32. The molecule has 1 aromatic heterocycles. The maximum absolute atomic E-state index is 10.7. The molecule has 1 heterocycles. The fraction of sp³-hybridized carbons (Fsp3) is 0.400. The number of sulfone groups is 1. The number of nitrogens with zero attached hydrogens (tertiary/aromatic N) is 2. The van der Waals surface area contributed by atoms with Crippen LogP contribution < -0.4 is 0 Å². The Morgan fingerprint density at radius 2 is 2.25 bits per heavy atom. The predicted molar refractivity (Wildman–Crippen MR) is 38.2 cm³/mol. The second-order valence-electron chi connectivity index (χ2n) is 2.24. The molecule has 0 spiro atoms. The number of aromatic nitrogens is 2. The fourth-order valence-electron chi connectivity index (χ4n) is 0.608. The van der Waals surface area contributed by atoms with Gasteiger partial charge in [-0.15, -0.1) is 0 Å². The van der Waals surface area contributed by atoms with Crippen molar-refractivity contribution < 1.29 is 17.7 Å². The molecule has 0 unspecified atom stereocenters. The molecule has 1 aromatic rings. The van der Waals surface area contributed by atoms with Crippen molar-refractivity contribution in [3.05, 3.63) is 11.7 Å². The number of carbonyl (C=O) groups is 1. The lowest BCUT2D eigenvalue weighted by Gasteiger charge is -1.87. The molecule has 0 bridgehead atoms. The lowest BCUT2D eigenvalue weighted by Crippen LogP contribution is -2.02. The maximum Gasteiger partial charge on any atom is 0.290 e. The van der Waals surface area contributed by atoms with Crippen LogP contribution in [0.25, 0.3) is 0 Å². The van der Waals surface area contributed by atoms with E-state index in [2.05, 4.69) is 14.7 Å². The second kappa shape index (κ2) is 3.02. The van der Waals surface area contributed by atoms with Gasteiger partial charge >= 0.3 is 0 Å². The lowest BCUT2D eigenvalue weighted by atomic mass is 10.7. The Balaban J connectivity index is 2.84. The van der Waals surface area contributed by atoms with Gasteiger partial charge in [-0.3, -0.25) is 4.79 Å². The summed E-state index contributed by atoms with van der Waals surface area (Å²) in [6.45, 7) is 0. The van der Waals surface area contributed by atoms with Crippen molar-refractivity contribution >= 4 is 16.1 Å². The summed E-state index contributed by atoms with van der Waals surface area (Å²) in [6.07, 6.45) is 1.41. The SMILES string of the molecule is CS(=O)(=O)Cc1noc(C=O)n1. The first kappa shape index (κ1) is 8.85. The van der Waals surface area contributed by atoms with Crippen molar-refractivity contribution in [1.29, 1.82) is 0 Å². The summed E-state index contributed by atoms with van der Waals surface area (Å²) in [7, 11) is -3.17. The predicted octanol–water partition coefficient (Wildman–Crippen LogP) is -0.573. The smallest absolute Gasteiger partial charge is 0.290 e. The number of carbonyl (C=O) groups excluding carboxylic acids is 1. The van der Waals surface area contributed by atoms with Crippen LogP contribution in [0.3, 0.4) is 0 Å². The molecule has 0 amide bonds. The zero-order valence-electron chi connectivity index (χ0n) is 6.22. The summed E-state index contributed by atoms with van der Waals surface area (Å²) in [5, 5.41) is 3.28. The molecule has 0 radical (unpaired) electrons. The minimum atomic E-state index is -3.17. The van der Waals surface area contributed by atoms with Crippen molar-refractivity contribution in [2.45, 2.75) is 5.75 Å². The van der Waals surface area contributed by atoms with E-state index in [1.807, 2.05) is 0 Å². The molecule has 0 saturated carbocycles. The van der Waals surface area contributed by atoms with E-state index < -0.39 is 9.84 Å². The highest BCUT2D eigenvalue weighted by Crippen LogP contribution is 1.99. The highest BCUT2D eigenvalue weighted by molar-refractivity contribution is 7.89. The van der Waals surface area contributed by atoms with E-state index >= 15 is 0 Å².